The van der Waals surface area contributed by atoms with Crippen LogP contribution in [0.2, 0.25) is 0 Å². The molecule has 1 heterocycles. The maximum Gasteiger partial charge on any atom is 0.416 e. The van der Waals surface area contributed by atoms with E-state index in [1.165, 1.54) is 49.8 Å². The van der Waals surface area contributed by atoms with Gasteiger partial charge in [-0.25, -0.2) is 9.69 Å². The number of hydrogen-bond acceptors (Lipinski definition) is 3. The Balaban J connectivity index is 1.96. The lowest BCUT2D eigenvalue weighted by molar-refractivity contribution is -0.127. The van der Waals surface area contributed by atoms with Gasteiger partial charge < -0.3 is 4.74 Å². The van der Waals surface area contributed by atoms with E-state index in [1.807, 2.05) is 6.92 Å². The van der Waals surface area contributed by atoms with Crippen molar-refractivity contribution in [1.82, 2.24) is 4.90 Å². The van der Waals surface area contributed by atoms with E-state index in [0.29, 0.717) is 13.0 Å². The number of carbonyl (C=O) groups excluding carboxylic acids is 2. The van der Waals surface area contributed by atoms with E-state index in [4.69, 9.17) is 4.74 Å². The largest absolute Gasteiger partial charge is 0.444 e. The van der Waals surface area contributed by atoms with Crippen LogP contribution in [0.15, 0.2) is 0 Å². The summed E-state index contributed by atoms with van der Waals surface area (Å²) in [4.78, 5) is 24.4. The molecule has 0 aliphatic carbocycles. The Labute approximate surface area is 122 Å². The molecule has 1 aliphatic rings. The number of unbranched alkanes of at least 4 members (excludes halogenated alkanes) is 8. The van der Waals surface area contributed by atoms with Crippen molar-refractivity contribution >= 4 is 12.0 Å². The van der Waals surface area contributed by atoms with Gasteiger partial charge in [-0.15, -0.1) is 0 Å². The van der Waals surface area contributed by atoms with Crippen LogP contribution >= 0.6 is 0 Å². The Morgan fingerprint density at radius 2 is 1.65 bits per heavy atom. The highest BCUT2D eigenvalue weighted by molar-refractivity contribution is 5.93. The van der Waals surface area contributed by atoms with E-state index in [-0.39, 0.29) is 12.0 Å². The molecule has 0 radical (unpaired) electrons. The number of ether oxygens (including phenoxy) is 1. The molecule has 1 unspecified atom stereocenters. The molecule has 116 valence electrons. The van der Waals surface area contributed by atoms with Crippen molar-refractivity contribution in [2.75, 3.05) is 6.54 Å². The molecule has 0 bridgehead atoms. The van der Waals surface area contributed by atoms with Crippen LogP contribution in [-0.2, 0) is 9.53 Å². The SMILES string of the molecule is CCCCCCCCCCCC(=O)N1CC(C)OC1=O. The van der Waals surface area contributed by atoms with Crippen LogP contribution in [-0.4, -0.2) is 29.5 Å². The predicted octanol–water partition coefficient (Wildman–Crippen LogP) is 4.27. The molecule has 20 heavy (non-hydrogen) atoms. The maximum atomic E-state index is 11.8. The molecule has 0 N–H and O–H groups in total. The zero-order chi connectivity index (χ0) is 14.8. The molecule has 1 atom stereocenters. The monoisotopic (exact) mass is 283 g/mol. The first kappa shape index (κ1) is 17.0. The first-order valence-electron chi connectivity index (χ1n) is 8.16. The summed E-state index contributed by atoms with van der Waals surface area (Å²) >= 11 is 0. The second-order valence-electron chi connectivity index (χ2n) is 5.78. The molecule has 0 saturated carbocycles. The Bertz CT molecular complexity index is 304. The quantitative estimate of drug-likeness (QED) is 0.562. The highest BCUT2D eigenvalue weighted by Crippen LogP contribution is 2.15. The first-order valence-corrected chi connectivity index (χ1v) is 8.16. The van der Waals surface area contributed by atoms with Crippen molar-refractivity contribution in [3.05, 3.63) is 0 Å². The Kier molecular flexibility index (Phi) is 8.31. The smallest absolute Gasteiger partial charge is 0.416 e. The molecule has 1 rings (SSSR count). The summed E-state index contributed by atoms with van der Waals surface area (Å²) in [7, 11) is 0. The second kappa shape index (κ2) is 9.78. The Hall–Kier alpha value is -1.06. The molecule has 4 nitrogen and oxygen atoms in total. The van der Waals surface area contributed by atoms with Crippen LogP contribution < -0.4 is 0 Å². The highest BCUT2D eigenvalue weighted by atomic mass is 16.6. The summed E-state index contributed by atoms with van der Waals surface area (Å²) in [5, 5.41) is 0. The van der Waals surface area contributed by atoms with E-state index in [9.17, 15) is 9.59 Å². The summed E-state index contributed by atoms with van der Waals surface area (Å²) in [5.41, 5.74) is 0. The van der Waals surface area contributed by atoms with Gasteiger partial charge >= 0.3 is 6.09 Å². The third kappa shape index (κ3) is 6.40. The van der Waals surface area contributed by atoms with Gasteiger partial charge in [-0.2, -0.15) is 0 Å². The van der Waals surface area contributed by atoms with E-state index in [0.717, 1.165) is 12.8 Å². The number of imide groups is 1. The molecule has 1 fully saturated rings. The molecule has 0 aromatic carbocycles. The number of cyclic esters (lactones) is 1. The Morgan fingerprint density at radius 3 is 2.15 bits per heavy atom. The van der Waals surface area contributed by atoms with Gasteiger partial charge in [0.25, 0.3) is 0 Å². The van der Waals surface area contributed by atoms with Crippen LogP contribution in [0.4, 0.5) is 4.79 Å². The minimum Gasteiger partial charge on any atom is -0.444 e. The normalized spacial score (nSPS) is 18.4. The van der Waals surface area contributed by atoms with Gasteiger partial charge in [-0.05, 0) is 13.3 Å². The number of nitrogens with zero attached hydrogens (tertiary/aromatic N) is 1. The summed E-state index contributed by atoms with van der Waals surface area (Å²) in [5.74, 6) is -0.0812. The van der Waals surface area contributed by atoms with Gasteiger partial charge in [0, 0.05) is 6.42 Å². The van der Waals surface area contributed by atoms with Gasteiger partial charge in [-0.3, -0.25) is 4.79 Å². The summed E-state index contributed by atoms with van der Waals surface area (Å²) in [6, 6.07) is 0. The van der Waals surface area contributed by atoms with Gasteiger partial charge in [0.15, 0.2) is 0 Å². The van der Waals surface area contributed by atoms with Gasteiger partial charge in [0.05, 0.1) is 6.54 Å². The fraction of sp³-hybridized carbons (Fsp3) is 0.875. The van der Waals surface area contributed by atoms with E-state index >= 15 is 0 Å². The lowest BCUT2D eigenvalue weighted by Crippen LogP contribution is -2.31. The molecular formula is C16H29NO3. The Morgan fingerprint density at radius 1 is 1.10 bits per heavy atom. The minimum atomic E-state index is -0.474. The maximum absolute atomic E-state index is 11.8. The van der Waals surface area contributed by atoms with Crippen LogP contribution in [0.1, 0.15) is 78.1 Å². The number of carbonyl (C=O) groups is 2. The number of amides is 2. The third-order valence-corrected chi connectivity index (χ3v) is 3.76. The highest BCUT2D eigenvalue weighted by Gasteiger charge is 2.32. The molecule has 4 heteroatoms. The molecule has 1 aliphatic heterocycles. The van der Waals surface area contributed by atoms with Crippen LogP contribution in [0.25, 0.3) is 0 Å². The van der Waals surface area contributed by atoms with E-state index in [1.54, 1.807) is 0 Å². The molecule has 0 aromatic rings. The van der Waals surface area contributed by atoms with Crippen molar-refractivity contribution in [3.8, 4) is 0 Å². The minimum absolute atomic E-state index is 0.0812. The third-order valence-electron chi connectivity index (χ3n) is 3.76. The summed E-state index contributed by atoms with van der Waals surface area (Å²) < 4.78 is 4.95. The fourth-order valence-electron chi connectivity index (χ4n) is 2.53. The van der Waals surface area contributed by atoms with Crippen molar-refractivity contribution in [1.29, 1.82) is 0 Å². The summed E-state index contributed by atoms with van der Waals surface area (Å²) in [6.07, 6.45) is 10.9. The average Bonchev–Trinajstić information content (AvgIpc) is 2.75. The van der Waals surface area contributed by atoms with Crippen LogP contribution in [0, 0.1) is 0 Å². The molecule has 0 aromatic heterocycles. The van der Waals surface area contributed by atoms with Crippen LogP contribution in [0.3, 0.4) is 0 Å². The lowest BCUT2D eigenvalue weighted by atomic mass is 10.1. The second-order valence-corrected chi connectivity index (χ2v) is 5.78. The number of rotatable bonds is 10. The average molecular weight is 283 g/mol. The number of hydrogen-bond donors (Lipinski definition) is 0. The molecule has 1 saturated heterocycles. The van der Waals surface area contributed by atoms with Gasteiger partial charge in [0.2, 0.25) is 5.91 Å². The lowest BCUT2D eigenvalue weighted by Gasteiger charge is -2.10. The van der Waals surface area contributed by atoms with Gasteiger partial charge in [-0.1, -0.05) is 58.3 Å². The van der Waals surface area contributed by atoms with Crippen molar-refractivity contribution < 1.29 is 14.3 Å². The topological polar surface area (TPSA) is 46.6 Å². The standard InChI is InChI=1S/C16H29NO3/c1-3-4-5-6-7-8-9-10-11-12-15(18)17-13-14(2)20-16(17)19/h14H,3-13H2,1-2H3. The van der Waals surface area contributed by atoms with Crippen LogP contribution in [0.5, 0.6) is 0 Å². The van der Waals surface area contributed by atoms with E-state index < -0.39 is 6.09 Å². The first-order chi connectivity index (χ1) is 9.65. The molecule has 0 spiro atoms. The zero-order valence-corrected chi connectivity index (χ0v) is 13.0. The summed E-state index contributed by atoms with van der Waals surface area (Å²) in [6.45, 7) is 4.45. The van der Waals surface area contributed by atoms with Crippen molar-refractivity contribution in [2.45, 2.75) is 84.2 Å². The fourth-order valence-corrected chi connectivity index (χ4v) is 2.53. The van der Waals surface area contributed by atoms with E-state index in [2.05, 4.69) is 6.92 Å². The molecular weight excluding hydrogens is 254 g/mol. The predicted molar refractivity (Wildman–Crippen MR) is 79.5 cm³/mol. The van der Waals surface area contributed by atoms with Crippen molar-refractivity contribution in [3.63, 3.8) is 0 Å². The van der Waals surface area contributed by atoms with Crippen molar-refractivity contribution in [2.24, 2.45) is 0 Å². The molecule has 2 amide bonds. The van der Waals surface area contributed by atoms with Gasteiger partial charge in [0.1, 0.15) is 6.10 Å². The zero-order valence-electron chi connectivity index (χ0n) is 13.0.